The Labute approximate surface area is 85.3 Å². The van der Waals surface area contributed by atoms with Crippen molar-refractivity contribution in [2.45, 2.75) is 0 Å². The number of nitrogens with two attached hydrogens (primary N) is 1. The van der Waals surface area contributed by atoms with E-state index in [0.29, 0.717) is 17.3 Å². The smallest absolute Gasteiger partial charge is 0.204 e. The highest BCUT2D eigenvalue weighted by atomic mass is 16.5. The zero-order valence-electron chi connectivity index (χ0n) is 7.81. The summed E-state index contributed by atoms with van der Waals surface area (Å²) in [6, 6.07) is 11.3. The number of aromatic nitrogens is 1. The Morgan fingerprint density at radius 3 is 2.67 bits per heavy atom. The molecule has 74 valence electrons. The molecule has 0 unspecified atom stereocenters. The molecule has 0 bridgehead atoms. The van der Waals surface area contributed by atoms with E-state index in [2.05, 4.69) is 5.16 Å². The molecule has 0 atom stereocenters. The highest BCUT2D eigenvalue weighted by Gasteiger charge is 2.10. The molecule has 2 heterocycles. The number of fused-ring (bicyclic) bond motifs is 1. The highest BCUT2D eigenvalue weighted by molar-refractivity contribution is 5.81. The van der Waals surface area contributed by atoms with Crippen molar-refractivity contribution >= 4 is 16.8 Å². The first kappa shape index (κ1) is 8.11. The number of anilines is 1. The average molecular weight is 200 g/mol. The number of benzene rings is 1. The van der Waals surface area contributed by atoms with Crippen molar-refractivity contribution in [1.29, 1.82) is 0 Å². The van der Waals surface area contributed by atoms with E-state index in [1.807, 2.05) is 30.3 Å². The fourth-order valence-corrected chi connectivity index (χ4v) is 1.51. The van der Waals surface area contributed by atoms with Crippen LogP contribution >= 0.6 is 0 Å². The summed E-state index contributed by atoms with van der Waals surface area (Å²) < 4.78 is 10.6. The Balaban J connectivity index is 2.19. The van der Waals surface area contributed by atoms with E-state index in [1.54, 1.807) is 6.07 Å². The number of hydrogen-bond donors (Lipinski definition) is 1. The molecule has 0 aliphatic rings. The molecular weight excluding hydrogens is 192 g/mol. The van der Waals surface area contributed by atoms with Crippen LogP contribution in [0.25, 0.3) is 22.5 Å². The first-order valence-corrected chi connectivity index (χ1v) is 4.54. The second-order valence-electron chi connectivity index (χ2n) is 3.26. The minimum absolute atomic E-state index is 0.352. The Morgan fingerprint density at radius 2 is 1.93 bits per heavy atom. The molecule has 0 spiro atoms. The Kier molecular flexibility index (Phi) is 1.56. The quantitative estimate of drug-likeness (QED) is 0.655. The molecule has 2 N–H and O–H groups in total. The molecule has 0 aliphatic carbocycles. The second kappa shape index (κ2) is 2.88. The van der Waals surface area contributed by atoms with Crippen LogP contribution < -0.4 is 5.73 Å². The van der Waals surface area contributed by atoms with Crippen LogP contribution in [0.3, 0.4) is 0 Å². The van der Waals surface area contributed by atoms with Gasteiger partial charge in [-0.25, -0.2) is 0 Å². The Bertz CT molecular complexity index is 577. The van der Waals surface area contributed by atoms with Crippen molar-refractivity contribution in [2.24, 2.45) is 0 Å². The molecule has 4 heteroatoms. The van der Waals surface area contributed by atoms with Gasteiger partial charge in [0.2, 0.25) is 5.76 Å². The SMILES string of the molecule is Nc1cc(-c2cc3ccccc3o2)on1. The number of nitrogen functional groups attached to an aromatic ring is 1. The van der Waals surface area contributed by atoms with Gasteiger partial charge in [-0.3, -0.25) is 0 Å². The summed E-state index contributed by atoms with van der Waals surface area (Å²) in [4.78, 5) is 0. The third kappa shape index (κ3) is 1.27. The summed E-state index contributed by atoms with van der Waals surface area (Å²) in [6.07, 6.45) is 0. The van der Waals surface area contributed by atoms with Crippen molar-refractivity contribution in [3.05, 3.63) is 36.4 Å². The number of hydrogen-bond acceptors (Lipinski definition) is 4. The zero-order valence-corrected chi connectivity index (χ0v) is 7.81. The van der Waals surface area contributed by atoms with E-state index < -0.39 is 0 Å². The molecule has 2 aromatic heterocycles. The van der Waals surface area contributed by atoms with Gasteiger partial charge in [-0.15, -0.1) is 0 Å². The predicted molar refractivity (Wildman–Crippen MR) is 56.1 cm³/mol. The van der Waals surface area contributed by atoms with Crippen molar-refractivity contribution in [1.82, 2.24) is 5.16 Å². The largest absolute Gasteiger partial charge is 0.453 e. The summed E-state index contributed by atoms with van der Waals surface area (Å²) in [5, 5.41) is 4.64. The van der Waals surface area contributed by atoms with Crippen molar-refractivity contribution in [3.8, 4) is 11.5 Å². The maximum Gasteiger partial charge on any atom is 0.204 e. The number of furan rings is 1. The van der Waals surface area contributed by atoms with Crippen LogP contribution in [0.5, 0.6) is 0 Å². The van der Waals surface area contributed by atoms with Crippen molar-refractivity contribution in [2.75, 3.05) is 5.73 Å². The van der Waals surface area contributed by atoms with E-state index in [-0.39, 0.29) is 0 Å². The minimum atomic E-state index is 0.352. The first-order chi connectivity index (χ1) is 7.33. The van der Waals surface area contributed by atoms with Gasteiger partial charge in [0, 0.05) is 11.5 Å². The molecule has 15 heavy (non-hydrogen) atoms. The van der Waals surface area contributed by atoms with Gasteiger partial charge in [-0.2, -0.15) is 0 Å². The maximum absolute atomic E-state index is 5.58. The minimum Gasteiger partial charge on any atom is -0.453 e. The number of nitrogens with zero attached hydrogens (tertiary/aromatic N) is 1. The average Bonchev–Trinajstić information content (AvgIpc) is 2.82. The van der Waals surface area contributed by atoms with E-state index in [9.17, 15) is 0 Å². The lowest BCUT2D eigenvalue weighted by molar-refractivity contribution is 0.424. The molecule has 0 fully saturated rings. The molecule has 3 aromatic rings. The van der Waals surface area contributed by atoms with E-state index in [0.717, 1.165) is 11.0 Å². The van der Waals surface area contributed by atoms with Gasteiger partial charge in [-0.1, -0.05) is 23.4 Å². The number of para-hydroxylation sites is 1. The third-order valence-corrected chi connectivity index (χ3v) is 2.20. The van der Waals surface area contributed by atoms with Gasteiger partial charge in [0.05, 0.1) is 0 Å². The van der Waals surface area contributed by atoms with Crippen molar-refractivity contribution in [3.63, 3.8) is 0 Å². The normalized spacial score (nSPS) is 10.9. The van der Waals surface area contributed by atoms with Crippen LogP contribution in [-0.2, 0) is 0 Å². The van der Waals surface area contributed by atoms with Crippen molar-refractivity contribution < 1.29 is 8.94 Å². The first-order valence-electron chi connectivity index (χ1n) is 4.54. The topological polar surface area (TPSA) is 65.2 Å². The van der Waals surface area contributed by atoms with Crippen LogP contribution in [0.4, 0.5) is 5.82 Å². The van der Waals surface area contributed by atoms with Gasteiger partial charge in [0.25, 0.3) is 0 Å². The summed E-state index contributed by atoms with van der Waals surface area (Å²) in [6.45, 7) is 0. The van der Waals surface area contributed by atoms with Crippen LogP contribution in [0, 0.1) is 0 Å². The second-order valence-corrected chi connectivity index (χ2v) is 3.26. The molecule has 3 rings (SSSR count). The van der Waals surface area contributed by atoms with Gasteiger partial charge in [-0.05, 0) is 12.1 Å². The highest BCUT2D eigenvalue weighted by Crippen LogP contribution is 2.28. The summed E-state index contributed by atoms with van der Waals surface area (Å²) >= 11 is 0. The fourth-order valence-electron chi connectivity index (χ4n) is 1.51. The summed E-state index contributed by atoms with van der Waals surface area (Å²) in [5.74, 6) is 1.54. The summed E-state index contributed by atoms with van der Waals surface area (Å²) in [5.41, 5.74) is 6.29. The maximum atomic E-state index is 5.58. The molecule has 0 saturated carbocycles. The molecule has 4 nitrogen and oxygen atoms in total. The molecule has 0 amide bonds. The molecule has 0 radical (unpaired) electrons. The molecule has 1 aromatic carbocycles. The van der Waals surface area contributed by atoms with E-state index >= 15 is 0 Å². The molecular formula is C11H8N2O2. The van der Waals surface area contributed by atoms with Crippen LogP contribution in [0.2, 0.25) is 0 Å². The summed E-state index contributed by atoms with van der Waals surface area (Å²) in [7, 11) is 0. The lowest BCUT2D eigenvalue weighted by atomic mass is 10.2. The monoisotopic (exact) mass is 200 g/mol. The fraction of sp³-hybridized carbons (Fsp3) is 0. The standard InChI is InChI=1S/C11H8N2O2/c12-11-6-10(15-13-11)9-5-7-3-1-2-4-8(7)14-9/h1-6H,(H2,12,13). The lowest BCUT2D eigenvalue weighted by Crippen LogP contribution is -1.79. The zero-order chi connectivity index (χ0) is 10.3. The van der Waals surface area contributed by atoms with Crippen LogP contribution in [0.15, 0.2) is 45.3 Å². The molecule has 0 aliphatic heterocycles. The van der Waals surface area contributed by atoms with Gasteiger partial charge < -0.3 is 14.7 Å². The van der Waals surface area contributed by atoms with Gasteiger partial charge >= 0.3 is 0 Å². The third-order valence-electron chi connectivity index (χ3n) is 2.20. The van der Waals surface area contributed by atoms with Crippen LogP contribution in [-0.4, -0.2) is 5.16 Å². The molecule has 0 saturated heterocycles. The number of rotatable bonds is 1. The van der Waals surface area contributed by atoms with Gasteiger partial charge in [0.15, 0.2) is 11.6 Å². The Morgan fingerprint density at radius 1 is 1.07 bits per heavy atom. The predicted octanol–water partition coefficient (Wildman–Crippen LogP) is 2.67. The van der Waals surface area contributed by atoms with E-state index in [1.165, 1.54) is 0 Å². The van der Waals surface area contributed by atoms with Gasteiger partial charge in [0.1, 0.15) is 5.58 Å². The Hall–Kier alpha value is -2.23. The lowest BCUT2D eigenvalue weighted by Gasteiger charge is -1.84. The van der Waals surface area contributed by atoms with E-state index in [4.69, 9.17) is 14.7 Å². The van der Waals surface area contributed by atoms with Crippen LogP contribution in [0.1, 0.15) is 0 Å².